The summed E-state index contributed by atoms with van der Waals surface area (Å²) in [4.78, 5) is 9.63. The predicted octanol–water partition coefficient (Wildman–Crippen LogP) is 3.97. The summed E-state index contributed by atoms with van der Waals surface area (Å²) in [5.74, 6) is 0. The van der Waals surface area contributed by atoms with Crippen molar-refractivity contribution in [3.05, 3.63) is 21.0 Å². The molecule has 0 saturated heterocycles. The fraction of sp³-hybridized carbons (Fsp3) is 0.700. The Morgan fingerprint density at radius 1 is 1.32 bits per heavy atom. The van der Waals surface area contributed by atoms with E-state index in [9.17, 15) is 23.3 Å². The van der Waals surface area contributed by atoms with Gasteiger partial charge in [0.15, 0.2) is 0 Å². The van der Waals surface area contributed by atoms with Gasteiger partial charge in [-0.1, -0.05) is 30.9 Å². The third-order valence-corrected chi connectivity index (χ3v) is 3.55. The van der Waals surface area contributed by atoms with Gasteiger partial charge in [-0.15, -0.1) is 0 Å². The molecule has 1 aliphatic rings. The lowest BCUT2D eigenvalue weighted by atomic mass is 9.96. The third-order valence-electron chi connectivity index (χ3n) is 3.20. The molecule has 0 N–H and O–H groups in total. The van der Waals surface area contributed by atoms with E-state index in [2.05, 4.69) is 5.10 Å². The van der Waals surface area contributed by atoms with Crippen LogP contribution >= 0.6 is 11.6 Å². The van der Waals surface area contributed by atoms with Gasteiger partial charge >= 0.3 is 11.9 Å². The Bertz CT molecular complexity index is 495. The van der Waals surface area contributed by atoms with Crippen molar-refractivity contribution in [3.8, 4) is 0 Å². The minimum absolute atomic E-state index is 0.295. The zero-order valence-corrected chi connectivity index (χ0v) is 10.5. The predicted molar refractivity (Wildman–Crippen MR) is 61.0 cm³/mol. The first-order chi connectivity index (χ1) is 8.82. The summed E-state index contributed by atoms with van der Waals surface area (Å²) in [6.45, 7) is 0. The van der Waals surface area contributed by atoms with E-state index in [-0.39, 0.29) is 6.04 Å². The van der Waals surface area contributed by atoms with E-state index >= 15 is 0 Å². The molecular formula is C10H11ClF3N3O2. The van der Waals surface area contributed by atoms with Gasteiger partial charge in [-0.25, -0.2) is 4.68 Å². The van der Waals surface area contributed by atoms with Crippen LogP contribution in [0.2, 0.25) is 5.15 Å². The molecule has 1 aromatic heterocycles. The monoisotopic (exact) mass is 297 g/mol. The highest BCUT2D eigenvalue weighted by Gasteiger charge is 2.45. The van der Waals surface area contributed by atoms with E-state index < -0.39 is 27.6 Å². The van der Waals surface area contributed by atoms with Crippen molar-refractivity contribution in [2.24, 2.45) is 0 Å². The minimum atomic E-state index is -4.88. The number of nitrogens with zero attached hydrogens (tertiary/aromatic N) is 3. The summed E-state index contributed by atoms with van der Waals surface area (Å²) >= 11 is 5.72. The van der Waals surface area contributed by atoms with Crippen LogP contribution in [0.25, 0.3) is 0 Å². The van der Waals surface area contributed by atoms with Gasteiger partial charge in [0.25, 0.3) is 0 Å². The fourth-order valence-corrected chi connectivity index (χ4v) is 2.66. The van der Waals surface area contributed by atoms with Gasteiger partial charge in [0.05, 0.1) is 11.0 Å². The van der Waals surface area contributed by atoms with Crippen LogP contribution in [-0.2, 0) is 6.18 Å². The molecule has 0 aliphatic heterocycles. The number of alkyl halides is 3. The standard InChI is InChI=1S/C10H11ClF3N3O2/c11-9-7(17(18)19)8(10(12,13)14)15-16(9)6-4-2-1-3-5-6/h6H,1-5H2. The number of halogens is 4. The van der Waals surface area contributed by atoms with E-state index in [1.165, 1.54) is 0 Å². The molecule has 1 saturated carbocycles. The van der Waals surface area contributed by atoms with Crippen LogP contribution in [0.15, 0.2) is 0 Å². The lowest BCUT2D eigenvalue weighted by Crippen LogP contribution is -2.15. The zero-order chi connectivity index (χ0) is 14.2. The van der Waals surface area contributed by atoms with E-state index in [0.29, 0.717) is 12.8 Å². The molecule has 1 heterocycles. The van der Waals surface area contributed by atoms with Gasteiger partial charge in [-0.2, -0.15) is 18.3 Å². The van der Waals surface area contributed by atoms with Crippen molar-refractivity contribution in [2.45, 2.75) is 44.3 Å². The number of hydrogen-bond acceptors (Lipinski definition) is 3. The van der Waals surface area contributed by atoms with Crippen molar-refractivity contribution in [1.29, 1.82) is 0 Å². The maximum Gasteiger partial charge on any atom is 0.442 e. The molecular weight excluding hydrogens is 287 g/mol. The van der Waals surface area contributed by atoms with Gasteiger partial charge in [0.2, 0.25) is 10.8 Å². The number of nitro groups is 1. The van der Waals surface area contributed by atoms with Crippen LogP contribution in [0.4, 0.5) is 18.9 Å². The Hall–Kier alpha value is -1.31. The van der Waals surface area contributed by atoms with Crippen LogP contribution in [0, 0.1) is 10.1 Å². The van der Waals surface area contributed by atoms with Crippen LogP contribution in [0.3, 0.4) is 0 Å². The zero-order valence-electron chi connectivity index (χ0n) is 9.78. The molecule has 9 heteroatoms. The molecule has 0 aromatic carbocycles. The second-order valence-corrected chi connectivity index (χ2v) is 4.84. The molecule has 106 valence electrons. The molecule has 1 fully saturated rings. The largest absolute Gasteiger partial charge is 0.442 e. The first kappa shape index (κ1) is 14.1. The Morgan fingerprint density at radius 2 is 1.89 bits per heavy atom. The maximum atomic E-state index is 12.7. The summed E-state index contributed by atoms with van der Waals surface area (Å²) in [5.41, 5.74) is -2.67. The lowest BCUT2D eigenvalue weighted by molar-refractivity contribution is -0.388. The molecule has 0 atom stereocenters. The molecule has 2 rings (SSSR count). The molecule has 1 aliphatic carbocycles. The molecule has 1 aromatic rings. The Morgan fingerprint density at radius 3 is 2.32 bits per heavy atom. The highest BCUT2D eigenvalue weighted by molar-refractivity contribution is 6.31. The first-order valence-electron chi connectivity index (χ1n) is 5.82. The highest BCUT2D eigenvalue weighted by atomic mass is 35.5. The normalized spacial score (nSPS) is 17.7. The third kappa shape index (κ3) is 2.68. The molecule has 0 unspecified atom stereocenters. The number of hydrogen-bond donors (Lipinski definition) is 0. The van der Waals surface area contributed by atoms with Gasteiger partial charge in [-0.05, 0) is 12.8 Å². The second kappa shape index (κ2) is 4.99. The lowest BCUT2D eigenvalue weighted by Gasteiger charge is -2.22. The summed E-state index contributed by atoms with van der Waals surface area (Å²) in [6, 6.07) is -0.295. The van der Waals surface area contributed by atoms with Gasteiger partial charge in [0, 0.05) is 0 Å². The van der Waals surface area contributed by atoms with Crippen molar-refractivity contribution in [1.82, 2.24) is 9.78 Å². The molecule has 5 nitrogen and oxygen atoms in total. The van der Waals surface area contributed by atoms with Crippen molar-refractivity contribution < 1.29 is 18.1 Å². The average molecular weight is 298 g/mol. The van der Waals surface area contributed by atoms with Crippen molar-refractivity contribution in [2.75, 3.05) is 0 Å². The molecule has 19 heavy (non-hydrogen) atoms. The smallest absolute Gasteiger partial charge is 0.258 e. The van der Waals surface area contributed by atoms with Crippen LogP contribution < -0.4 is 0 Å². The van der Waals surface area contributed by atoms with E-state index in [1.807, 2.05) is 0 Å². The van der Waals surface area contributed by atoms with E-state index in [4.69, 9.17) is 11.6 Å². The number of rotatable bonds is 2. The molecule has 0 radical (unpaired) electrons. The highest BCUT2D eigenvalue weighted by Crippen LogP contribution is 2.42. The second-order valence-electron chi connectivity index (χ2n) is 4.48. The fourth-order valence-electron chi connectivity index (χ4n) is 2.33. The molecule has 0 bridgehead atoms. The van der Waals surface area contributed by atoms with Crippen LogP contribution in [-0.4, -0.2) is 14.7 Å². The molecule has 0 amide bonds. The Kier molecular flexibility index (Phi) is 3.71. The van der Waals surface area contributed by atoms with Gasteiger partial charge in [-0.3, -0.25) is 10.1 Å². The van der Waals surface area contributed by atoms with E-state index in [0.717, 1.165) is 23.9 Å². The molecule has 0 spiro atoms. The summed E-state index contributed by atoms with van der Waals surface area (Å²) in [6.07, 6.45) is -0.896. The summed E-state index contributed by atoms with van der Waals surface area (Å²) in [5, 5.41) is 13.6. The quantitative estimate of drug-likeness (QED) is 0.613. The van der Waals surface area contributed by atoms with Gasteiger partial charge in [0.1, 0.15) is 0 Å². The summed E-state index contributed by atoms with van der Waals surface area (Å²) < 4.78 is 39.2. The summed E-state index contributed by atoms with van der Waals surface area (Å²) in [7, 11) is 0. The van der Waals surface area contributed by atoms with Crippen molar-refractivity contribution in [3.63, 3.8) is 0 Å². The van der Waals surface area contributed by atoms with E-state index in [1.54, 1.807) is 0 Å². The number of aromatic nitrogens is 2. The van der Waals surface area contributed by atoms with Crippen LogP contribution in [0.1, 0.15) is 43.8 Å². The maximum absolute atomic E-state index is 12.7. The average Bonchev–Trinajstić information content (AvgIpc) is 2.68. The van der Waals surface area contributed by atoms with Crippen LogP contribution in [0.5, 0.6) is 0 Å². The van der Waals surface area contributed by atoms with Gasteiger partial charge < -0.3 is 0 Å². The topological polar surface area (TPSA) is 61.0 Å². The minimum Gasteiger partial charge on any atom is -0.258 e. The Balaban J connectivity index is 2.48. The SMILES string of the molecule is O=[N+]([O-])c1c(C(F)(F)F)nn(C2CCCCC2)c1Cl. The first-order valence-corrected chi connectivity index (χ1v) is 6.19. The Labute approximate surface area is 111 Å². The van der Waals surface area contributed by atoms with Crippen molar-refractivity contribution >= 4 is 17.3 Å².